The monoisotopic (exact) mass is 469 g/mol. The maximum Gasteiger partial charge on any atom is 0.278 e. The van der Waals surface area contributed by atoms with Crippen LogP contribution in [0.25, 0.3) is 10.6 Å². The molecule has 2 aromatic heterocycles. The molecular weight excluding hydrogens is 457 g/mol. The Labute approximate surface area is 183 Å². The minimum atomic E-state index is -0.862. The van der Waals surface area contributed by atoms with Gasteiger partial charge in [-0.2, -0.15) is 0 Å². The van der Waals surface area contributed by atoms with Gasteiger partial charge in [0.15, 0.2) is 17.6 Å². The summed E-state index contributed by atoms with van der Waals surface area (Å²) in [5, 5.41) is 14.9. The Kier molecular flexibility index (Phi) is 5.32. The van der Waals surface area contributed by atoms with E-state index in [0.29, 0.717) is 10.6 Å². The summed E-state index contributed by atoms with van der Waals surface area (Å²) in [6.07, 6.45) is -0.717. The van der Waals surface area contributed by atoms with Crippen LogP contribution in [0.5, 0.6) is 5.75 Å². The maximum atomic E-state index is 12.8. The average molecular weight is 470 g/mol. The van der Waals surface area contributed by atoms with E-state index < -0.39 is 11.0 Å². The number of aryl methyl sites for hydroxylation is 2. The highest BCUT2D eigenvalue weighted by molar-refractivity contribution is 7.16. The number of carbonyl (C=O) groups is 1. The minimum absolute atomic E-state index is 0.0185. The summed E-state index contributed by atoms with van der Waals surface area (Å²) in [4.78, 5) is 33.5. The molecule has 3 heterocycles. The average Bonchev–Trinajstić information content (AvgIpc) is 3.36. The Bertz CT molecular complexity index is 1160. The van der Waals surface area contributed by atoms with Crippen molar-refractivity contribution in [3.63, 3.8) is 0 Å². The zero-order valence-corrected chi connectivity index (χ0v) is 18.3. The predicted molar refractivity (Wildman–Crippen MR) is 113 cm³/mol. The molecule has 0 radical (unpaired) electrons. The van der Waals surface area contributed by atoms with Gasteiger partial charge in [-0.3, -0.25) is 14.9 Å². The van der Waals surface area contributed by atoms with E-state index in [0.717, 1.165) is 21.3 Å². The number of hydrogen-bond donors (Lipinski definition) is 0. The van der Waals surface area contributed by atoms with Crippen molar-refractivity contribution >= 4 is 57.3 Å². The van der Waals surface area contributed by atoms with Crippen molar-refractivity contribution < 1.29 is 14.5 Å². The van der Waals surface area contributed by atoms with Crippen molar-refractivity contribution in [3.8, 4) is 16.3 Å². The molecule has 7 nitrogen and oxygen atoms in total. The number of thiazole rings is 2. The number of halogens is 2. The van der Waals surface area contributed by atoms with E-state index >= 15 is 0 Å². The summed E-state index contributed by atoms with van der Waals surface area (Å²) < 4.78 is 5.66. The third-order valence-electron chi connectivity index (χ3n) is 4.47. The predicted octanol–water partition coefficient (Wildman–Crippen LogP) is 5.21. The number of carbonyl (C=O) groups excluding carboxylic acids is 1. The summed E-state index contributed by atoms with van der Waals surface area (Å²) in [6.45, 7) is 3.86. The van der Waals surface area contributed by atoms with Crippen molar-refractivity contribution in [2.75, 3.05) is 0 Å². The van der Waals surface area contributed by atoms with Gasteiger partial charge in [-0.05, 0) is 13.8 Å². The highest BCUT2D eigenvalue weighted by atomic mass is 35.5. The molecule has 1 aliphatic rings. The first-order valence-corrected chi connectivity index (χ1v) is 10.9. The van der Waals surface area contributed by atoms with E-state index in [-0.39, 0.29) is 40.1 Å². The first-order chi connectivity index (χ1) is 13.7. The van der Waals surface area contributed by atoms with Gasteiger partial charge in [-0.25, -0.2) is 9.97 Å². The van der Waals surface area contributed by atoms with Crippen LogP contribution in [0.15, 0.2) is 11.4 Å². The Hall–Kier alpha value is -2.07. The van der Waals surface area contributed by atoms with Gasteiger partial charge in [-0.15, -0.1) is 22.7 Å². The molecule has 1 atom stereocenters. The molecule has 1 unspecified atom stereocenters. The van der Waals surface area contributed by atoms with Crippen LogP contribution < -0.4 is 4.74 Å². The first kappa shape index (κ1) is 20.2. The van der Waals surface area contributed by atoms with E-state index in [4.69, 9.17) is 27.9 Å². The quantitative estimate of drug-likeness (QED) is 0.375. The molecule has 0 spiro atoms. The van der Waals surface area contributed by atoms with Crippen LogP contribution in [0.3, 0.4) is 0 Å². The van der Waals surface area contributed by atoms with Crippen LogP contribution in [0.2, 0.25) is 10.0 Å². The number of benzene rings is 1. The Morgan fingerprint density at radius 3 is 2.79 bits per heavy atom. The molecule has 11 heteroatoms. The second-order valence-electron chi connectivity index (χ2n) is 6.48. The number of hydrogen-bond acceptors (Lipinski definition) is 8. The molecule has 1 aliphatic heterocycles. The lowest BCUT2D eigenvalue weighted by molar-refractivity contribution is -0.385. The van der Waals surface area contributed by atoms with Gasteiger partial charge in [0.25, 0.3) is 5.69 Å². The largest absolute Gasteiger partial charge is 0.480 e. The smallest absolute Gasteiger partial charge is 0.278 e. The molecule has 0 saturated carbocycles. The number of rotatable bonds is 5. The molecule has 0 N–H and O–H groups in total. The van der Waals surface area contributed by atoms with Crippen molar-refractivity contribution in [1.82, 2.24) is 9.97 Å². The molecular formula is C18H13Cl2N3O4S2. The number of Topliss-reactive ketones (excluding diaryl/α,β-unsaturated/α-hetero) is 1. The molecule has 4 rings (SSSR count). The van der Waals surface area contributed by atoms with E-state index in [1.54, 1.807) is 11.3 Å². The zero-order valence-electron chi connectivity index (χ0n) is 15.2. The fourth-order valence-corrected chi connectivity index (χ4v) is 5.34. The van der Waals surface area contributed by atoms with E-state index in [1.165, 1.54) is 17.4 Å². The van der Waals surface area contributed by atoms with Gasteiger partial charge in [0.2, 0.25) is 0 Å². The first-order valence-electron chi connectivity index (χ1n) is 8.48. The van der Waals surface area contributed by atoms with E-state index in [9.17, 15) is 14.9 Å². The number of fused-ring (bicyclic) bond motifs is 1. The van der Waals surface area contributed by atoms with Gasteiger partial charge in [-0.1, -0.05) is 23.2 Å². The SMILES string of the molecule is Cc1nc(C)c(-c2csc(CC(=O)C3Cc4c([N+](=O)[O-])cc(Cl)c(Cl)c4O3)n2)s1. The summed E-state index contributed by atoms with van der Waals surface area (Å²) in [5.74, 6) is -0.111. The third kappa shape index (κ3) is 3.75. The number of nitro benzene ring substituents is 1. The Morgan fingerprint density at radius 1 is 1.38 bits per heavy atom. The number of ether oxygens (including phenoxy) is 1. The lowest BCUT2D eigenvalue weighted by atomic mass is 10.0. The third-order valence-corrected chi connectivity index (χ3v) is 7.19. The molecule has 0 fully saturated rings. The maximum absolute atomic E-state index is 12.8. The van der Waals surface area contributed by atoms with Gasteiger partial charge in [0.1, 0.15) is 10.0 Å². The number of ketones is 1. The number of aromatic nitrogens is 2. The second kappa shape index (κ2) is 7.64. The molecule has 0 aliphatic carbocycles. The fraction of sp³-hybridized carbons (Fsp3) is 0.278. The van der Waals surface area contributed by atoms with Crippen LogP contribution >= 0.6 is 45.9 Å². The highest BCUT2D eigenvalue weighted by Crippen LogP contribution is 2.45. The molecule has 1 aromatic carbocycles. The second-order valence-corrected chi connectivity index (χ2v) is 9.41. The van der Waals surface area contributed by atoms with Crippen LogP contribution in [0, 0.1) is 24.0 Å². The van der Waals surface area contributed by atoms with Crippen LogP contribution in [-0.2, 0) is 17.6 Å². The minimum Gasteiger partial charge on any atom is -0.480 e. The Balaban J connectivity index is 1.53. The molecule has 3 aromatic rings. The van der Waals surface area contributed by atoms with E-state index in [2.05, 4.69) is 9.97 Å². The fourth-order valence-electron chi connectivity index (χ4n) is 3.19. The highest BCUT2D eigenvalue weighted by Gasteiger charge is 2.37. The summed E-state index contributed by atoms with van der Waals surface area (Å²) in [5.41, 5.74) is 1.79. The molecule has 150 valence electrons. The summed E-state index contributed by atoms with van der Waals surface area (Å²) in [6, 6.07) is 1.19. The zero-order chi connectivity index (χ0) is 20.9. The van der Waals surface area contributed by atoms with Crippen LogP contribution in [-0.4, -0.2) is 26.8 Å². The van der Waals surface area contributed by atoms with Gasteiger partial charge >= 0.3 is 0 Å². The lowest BCUT2D eigenvalue weighted by Gasteiger charge is -2.09. The summed E-state index contributed by atoms with van der Waals surface area (Å²) in [7, 11) is 0. The standard InChI is InChI=1S/C18H13Cl2N3O4S2/c1-7-18(29-8(2)21-7)11-6-28-15(22-11)5-13(24)14-3-9-12(23(25)26)4-10(19)16(20)17(9)27-14/h4,6,14H,3,5H2,1-2H3. The van der Waals surface area contributed by atoms with E-state index in [1.807, 2.05) is 19.2 Å². The van der Waals surface area contributed by atoms with Gasteiger partial charge < -0.3 is 4.74 Å². The molecule has 0 saturated heterocycles. The summed E-state index contributed by atoms with van der Waals surface area (Å²) >= 11 is 15.0. The number of nitro groups is 1. The van der Waals surface area contributed by atoms with Crippen LogP contribution in [0.4, 0.5) is 5.69 Å². The molecule has 29 heavy (non-hydrogen) atoms. The lowest BCUT2D eigenvalue weighted by Crippen LogP contribution is -2.26. The van der Waals surface area contributed by atoms with Gasteiger partial charge in [0, 0.05) is 17.9 Å². The normalized spacial score (nSPS) is 15.2. The molecule has 0 bridgehead atoms. The van der Waals surface area contributed by atoms with Crippen molar-refractivity contribution in [1.29, 1.82) is 0 Å². The molecule has 0 amide bonds. The van der Waals surface area contributed by atoms with Crippen molar-refractivity contribution in [2.24, 2.45) is 0 Å². The van der Waals surface area contributed by atoms with Crippen molar-refractivity contribution in [3.05, 3.63) is 52.9 Å². The Morgan fingerprint density at radius 2 is 2.14 bits per heavy atom. The van der Waals surface area contributed by atoms with Gasteiger partial charge in [0.05, 0.1) is 43.2 Å². The van der Waals surface area contributed by atoms with Crippen LogP contribution in [0.1, 0.15) is 21.3 Å². The topological polar surface area (TPSA) is 95.2 Å². The number of nitrogens with zero attached hydrogens (tertiary/aromatic N) is 3. The van der Waals surface area contributed by atoms with Crippen molar-refractivity contribution in [2.45, 2.75) is 32.8 Å².